The Morgan fingerprint density at radius 1 is 1.30 bits per heavy atom. The normalized spacial score (nSPS) is 11.9. The van der Waals surface area contributed by atoms with Crippen molar-refractivity contribution in [2.75, 3.05) is 20.2 Å². The van der Waals surface area contributed by atoms with Crippen LogP contribution in [0.3, 0.4) is 0 Å². The number of nitrogens with zero attached hydrogens (tertiary/aromatic N) is 1. The minimum absolute atomic E-state index is 0. The number of ether oxygens (including phenoxy) is 1. The number of likely N-dealkylation sites (N-methyl/N-ethyl adjacent to an activating group) is 1. The summed E-state index contributed by atoms with van der Waals surface area (Å²) in [6, 6.07) is 11.9. The number of hydrogen-bond acceptors (Lipinski definition) is 5. The van der Waals surface area contributed by atoms with Gasteiger partial charge in [-0.3, -0.25) is 0 Å². The second kappa shape index (κ2) is 8.26. The number of halogens is 1. The van der Waals surface area contributed by atoms with Crippen molar-refractivity contribution in [2.45, 2.75) is 6.10 Å². The van der Waals surface area contributed by atoms with Crippen LogP contribution in [0.1, 0.15) is 0 Å². The number of hydrogen-bond donors (Lipinski definition) is 2. The molecule has 122 valence electrons. The zero-order chi connectivity index (χ0) is 15.4. The van der Waals surface area contributed by atoms with Crippen LogP contribution in [0.15, 0.2) is 47.2 Å². The molecule has 4 nitrogen and oxygen atoms in total. The number of para-hydroxylation sites is 1. The number of aromatic nitrogens is 1. The Hall–Kier alpha value is -1.66. The zero-order valence-electron chi connectivity index (χ0n) is 12.7. The topological polar surface area (TPSA) is 54.4 Å². The van der Waals surface area contributed by atoms with E-state index >= 15 is 0 Å². The standard InChI is InChI=1S/C17H18N2O2S.ClH/c1-18-9-13(20)10-21-17-8-16(12-6-7-22-11-12)19-15-5-3-2-4-14(15)17;/h2-8,11,13,18,20H,9-10H2,1H3;1H. The van der Waals surface area contributed by atoms with Crippen molar-refractivity contribution < 1.29 is 9.84 Å². The molecule has 0 spiro atoms. The van der Waals surface area contributed by atoms with Crippen LogP contribution in [0.5, 0.6) is 5.75 Å². The average Bonchev–Trinajstić information content (AvgIpc) is 3.07. The van der Waals surface area contributed by atoms with Crippen molar-refractivity contribution in [2.24, 2.45) is 0 Å². The molecule has 0 aliphatic heterocycles. The van der Waals surface area contributed by atoms with Gasteiger partial charge in [0.25, 0.3) is 0 Å². The molecule has 0 amide bonds. The van der Waals surface area contributed by atoms with Gasteiger partial charge in [-0.1, -0.05) is 12.1 Å². The predicted octanol–water partition coefficient (Wildman–Crippen LogP) is 3.34. The maximum atomic E-state index is 9.83. The van der Waals surface area contributed by atoms with Gasteiger partial charge >= 0.3 is 0 Å². The molecule has 0 bridgehead atoms. The van der Waals surface area contributed by atoms with E-state index in [2.05, 4.69) is 10.7 Å². The van der Waals surface area contributed by atoms with Gasteiger partial charge in [0.15, 0.2) is 0 Å². The summed E-state index contributed by atoms with van der Waals surface area (Å²) in [6.07, 6.45) is -0.540. The van der Waals surface area contributed by atoms with Crippen LogP contribution >= 0.6 is 23.7 Å². The molecule has 6 heteroatoms. The quantitative estimate of drug-likeness (QED) is 0.716. The van der Waals surface area contributed by atoms with Crippen LogP contribution in [0, 0.1) is 0 Å². The van der Waals surface area contributed by atoms with Crippen LogP contribution < -0.4 is 10.1 Å². The molecule has 3 aromatic rings. The second-order valence-corrected chi connectivity index (χ2v) is 5.84. The lowest BCUT2D eigenvalue weighted by Crippen LogP contribution is -2.29. The molecule has 0 aliphatic carbocycles. The third-order valence-corrected chi connectivity index (χ3v) is 4.05. The van der Waals surface area contributed by atoms with E-state index < -0.39 is 6.10 Å². The molecule has 2 heterocycles. The molecule has 1 unspecified atom stereocenters. The highest BCUT2D eigenvalue weighted by Crippen LogP contribution is 2.30. The summed E-state index contributed by atoms with van der Waals surface area (Å²) in [5.74, 6) is 0.752. The summed E-state index contributed by atoms with van der Waals surface area (Å²) in [5, 5.41) is 17.8. The van der Waals surface area contributed by atoms with Gasteiger partial charge in [0, 0.05) is 28.9 Å². The molecule has 0 aliphatic rings. The van der Waals surface area contributed by atoms with Gasteiger partial charge in [0.1, 0.15) is 18.5 Å². The molecular weight excluding hydrogens is 332 g/mol. The molecular formula is C17H19ClN2O2S. The highest BCUT2D eigenvalue weighted by atomic mass is 35.5. The highest BCUT2D eigenvalue weighted by Gasteiger charge is 2.10. The first-order valence-corrected chi connectivity index (χ1v) is 8.10. The van der Waals surface area contributed by atoms with Crippen molar-refractivity contribution in [3.05, 3.63) is 47.2 Å². The molecule has 0 fully saturated rings. The zero-order valence-corrected chi connectivity index (χ0v) is 14.4. The lowest BCUT2D eigenvalue weighted by Gasteiger charge is -2.14. The van der Waals surface area contributed by atoms with Crippen LogP contribution in [0.2, 0.25) is 0 Å². The van der Waals surface area contributed by atoms with Crippen LogP contribution in [0.4, 0.5) is 0 Å². The SMILES string of the molecule is CNCC(O)COc1cc(-c2ccsc2)nc2ccccc12.Cl. The summed E-state index contributed by atoms with van der Waals surface area (Å²) in [6.45, 7) is 0.748. The van der Waals surface area contributed by atoms with E-state index in [0.29, 0.717) is 6.54 Å². The number of rotatable bonds is 6. The van der Waals surface area contributed by atoms with E-state index in [1.165, 1.54) is 0 Å². The minimum Gasteiger partial charge on any atom is -0.490 e. The molecule has 0 saturated heterocycles. The number of nitrogens with one attached hydrogen (secondary N) is 1. The van der Waals surface area contributed by atoms with Crippen molar-refractivity contribution in [3.63, 3.8) is 0 Å². The molecule has 1 atom stereocenters. The second-order valence-electron chi connectivity index (χ2n) is 5.06. The van der Waals surface area contributed by atoms with Crippen molar-refractivity contribution in [1.82, 2.24) is 10.3 Å². The Labute approximate surface area is 145 Å². The molecule has 2 aromatic heterocycles. The van der Waals surface area contributed by atoms with E-state index in [9.17, 15) is 5.11 Å². The lowest BCUT2D eigenvalue weighted by molar-refractivity contribution is 0.109. The Kier molecular flexibility index (Phi) is 6.36. The summed E-state index contributed by atoms with van der Waals surface area (Å²) < 4.78 is 5.85. The molecule has 2 N–H and O–H groups in total. The van der Waals surface area contributed by atoms with E-state index in [1.807, 2.05) is 41.8 Å². The largest absolute Gasteiger partial charge is 0.490 e. The van der Waals surface area contributed by atoms with E-state index in [1.54, 1.807) is 18.4 Å². The van der Waals surface area contributed by atoms with Gasteiger partial charge in [0.2, 0.25) is 0 Å². The maximum absolute atomic E-state index is 9.83. The number of fused-ring (bicyclic) bond motifs is 1. The van der Waals surface area contributed by atoms with Crippen molar-refractivity contribution in [1.29, 1.82) is 0 Å². The monoisotopic (exact) mass is 350 g/mol. The van der Waals surface area contributed by atoms with Crippen LogP contribution in [0.25, 0.3) is 22.2 Å². The number of pyridine rings is 1. The average molecular weight is 351 g/mol. The summed E-state index contributed by atoms with van der Waals surface area (Å²) in [4.78, 5) is 4.69. The minimum atomic E-state index is -0.540. The predicted molar refractivity (Wildman–Crippen MR) is 97.7 cm³/mol. The highest BCUT2D eigenvalue weighted by molar-refractivity contribution is 7.08. The summed E-state index contributed by atoms with van der Waals surface area (Å²) in [5.41, 5.74) is 2.86. The van der Waals surface area contributed by atoms with Gasteiger partial charge in [-0.2, -0.15) is 11.3 Å². The first-order chi connectivity index (χ1) is 10.8. The number of aliphatic hydroxyl groups excluding tert-OH is 1. The van der Waals surface area contributed by atoms with Gasteiger partial charge in [0.05, 0.1) is 11.2 Å². The van der Waals surface area contributed by atoms with Crippen LogP contribution in [-0.2, 0) is 0 Å². The third-order valence-electron chi connectivity index (χ3n) is 3.37. The van der Waals surface area contributed by atoms with E-state index in [0.717, 1.165) is 27.9 Å². The van der Waals surface area contributed by atoms with Crippen LogP contribution in [-0.4, -0.2) is 36.4 Å². The van der Waals surface area contributed by atoms with Gasteiger partial charge in [-0.25, -0.2) is 4.98 Å². The number of benzene rings is 1. The van der Waals surface area contributed by atoms with Gasteiger partial charge < -0.3 is 15.2 Å². The van der Waals surface area contributed by atoms with E-state index in [-0.39, 0.29) is 19.0 Å². The molecule has 0 saturated carbocycles. The van der Waals surface area contributed by atoms with Gasteiger partial charge in [-0.05, 0) is 30.6 Å². The fourth-order valence-electron chi connectivity index (χ4n) is 2.30. The number of thiophene rings is 1. The molecule has 1 aromatic carbocycles. The Morgan fingerprint density at radius 3 is 2.87 bits per heavy atom. The lowest BCUT2D eigenvalue weighted by atomic mass is 10.1. The van der Waals surface area contributed by atoms with Crippen molar-refractivity contribution in [3.8, 4) is 17.0 Å². The summed E-state index contributed by atoms with van der Waals surface area (Å²) in [7, 11) is 1.81. The maximum Gasteiger partial charge on any atom is 0.131 e. The Bertz CT molecular complexity index is 749. The number of aliphatic hydroxyl groups is 1. The van der Waals surface area contributed by atoms with Crippen molar-refractivity contribution >= 4 is 34.6 Å². The Balaban J connectivity index is 0.00000192. The first-order valence-electron chi connectivity index (χ1n) is 7.16. The van der Waals surface area contributed by atoms with Gasteiger partial charge in [-0.15, -0.1) is 12.4 Å². The fraction of sp³-hybridized carbons (Fsp3) is 0.235. The third kappa shape index (κ3) is 4.20. The Morgan fingerprint density at radius 2 is 2.13 bits per heavy atom. The van der Waals surface area contributed by atoms with E-state index in [4.69, 9.17) is 9.72 Å². The molecule has 23 heavy (non-hydrogen) atoms. The summed E-state index contributed by atoms with van der Waals surface area (Å²) >= 11 is 1.64. The molecule has 3 rings (SSSR count). The fourth-order valence-corrected chi connectivity index (χ4v) is 2.95. The molecule has 0 radical (unpaired) electrons. The smallest absolute Gasteiger partial charge is 0.131 e. The first kappa shape index (κ1) is 17.7.